The van der Waals surface area contributed by atoms with Crippen LogP contribution in [0, 0.1) is 0 Å². The predicted octanol–water partition coefficient (Wildman–Crippen LogP) is 3.82. The lowest BCUT2D eigenvalue weighted by atomic mass is 9.90. The highest BCUT2D eigenvalue weighted by atomic mass is 16.6. The van der Waals surface area contributed by atoms with Gasteiger partial charge in [-0.25, -0.2) is 4.79 Å². The topological polar surface area (TPSA) is 48.0 Å². The quantitative estimate of drug-likeness (QED) is 0.849. The minimum absolute atomic E-state index is 0.241. The van der Waals surface area contributed by atoms with Crippen molar-refractivity contribution in [3.05, 3.63) is 23.8 Å². The normalized spacial score (nSPS) is 18.5. The molecule has 1 fully saturated rings. The van der Waals surface area contributed by atoms with E-state index in [1.165, 1.54) is 0 Å². The van der Waals surface area contributed by atoms with Crippen LogP contribution in [0.5, 0.6) is 11.5 Å². The highest BCUT2D eigenvalue weighted by Gasteiger charge is 2.29. The van der Waals surface area contributed by atoms with E-state index in [0.29, 0.717) is 6.54 Å². The van der Waals surface area contributed by atoms with Crippen LogP contribution >= 0.6 is 0 Å². The van der Waals surface area contributed by atoms with E-state index < -0.39 is 5.60 Å². The minimum atomic E-state index is -0.470. The summed E-state index contributed by atoms with van der Waals surface area (Å²) >= 11 is 0. The first-order valence-electron chi connectivity index (χ1n) is 8.04. The first-order valence-corrected chi connectivity index (χ1v) is 8.04. The van der Waals surface area contributed by atoms with Crippen molar-refractivity contribution >= 4 is 6.09 Å². The smallest absolute Gasteiger partial charge is 0.410 e. The number of rotatable bonds is 3. The fraction of sp³-hybridized carbons (Fsp3) is 0.611. The van der Waals surface area contributed by atoms with E-state index in [0.717, 1.165) is 36.4 Å². The summed E-state index contributed by atoms with van der Waals surface area (Å²) in [6.45, 7) is 7.05. The van der Waals surface area contributed by atoms with Crippen LogP contribution in [0.1, 0.15) is 45.1 Å². The number of benzene rings is 1. The van der Waals surface area contributed by atoms with Crippen LogP contribution in [0.15, 0.2) is 18.2 Å². The second-order valence-electron chi connectivity index (χ2n) is 6.87. The van der Waals surface area contributed by atoms with Crippen molar-refractivity contribution in [1.29, 1.82) is 0 Å². The molecular weight excluding hydrogens is 294 g/mol. The summed E-state index contributed by atoms with van der Waals surface area (Å²) < 4.78 is 16.2. The molecule has 1 aromatic carbocycles. The van der Waals surface area contributed by atoms with Crippen molar-refractivity contribution in [2.24, 2.45) is 0 Å². The molecule has 0 aromatic heterocycles. The van der Waals surface area contributed by atoms with E-state index in [4.69, 9.17) is 14.2 Å². The van der Waals surface area contributed by atoms with Crippen LogP contribution in [0.3, 0.4) is 0 Å². The van der Waals surface area contributed by atoms with E-state index in [2.05, 4.69) is 0 Å². The molecular formula is C18H27NO4. The van der Waals surface area contributed by atoms with Crippen LogP contribution < -0.4 is 9.47 Å². The Balaban J connectivity index is 2.13. The number of ether oxygens (including phenoxy) is 3. The van der Waals surface area contributed by atoms with Gasteiger partial charge in [-0.1, -0.05) is 6.07 Å². The highest BCUT2D eigenvalue weighted by Crippen LogP contribution is 2.35. The molecule has 5 heteroatoms. The first-order chi connectivity index (χ1) is 10.8. The Kier molecular flexibility index (Phi) is 5.39. The lowest BCUT2D eigenvalue weighted by Gasteiger charge is -2.34. The predicted molar refractivity (Wildman–Crippen MR) is 89.3 cm³/mol. The number of hydrogen-bond acceptors (Lipinski definition) is 4. The van der Waals surface area contributed by atoms with Gasteiger partial charge in [0, 0.05) is 25.1 Å². The Labute approximate surface area is 138 Å². The average molecular weight is 321 g/mol. The van der Waals surface area contributed by atoms with Crippen molar-refractivity contribution in [3.8, 4) is 11.5 Å². The van der Waals surface area contributed by atoms with Gasteiger partial charge < -0.3 is 19.1 Å². The lowest BCUT2D eigenvalue weighted by Crippen LogP contribution is -2.42. The van der Waals surface area contributed by atoms with Gasteiger partial charge in [0.05, 0.1) is 14.2 Å². The van der Waals surface area contributed by atoms with Crippen LogP contribution in [0.4, 0.5) is 4.79 Å². The van der Waals surface area contributed by atoms with E-state index in [1.54, 1.807) is 19.1 Å². The molecule has 23 heavy (non-hydrogen) atoms. The zero-order chi connectivity index (χ0) is 17.0. The van der Waals surface area contributed by atoms with Crippen molar-refractivity contribution < 1.29 is 19.0 Å². The third-order valence-electron chi connectivity index (χ3n) is 3.95. The molecule has 0 aliphatic carbocycles. The van der Waals surface area contributed by atoms with Crippen molar-refractivity contribution in [2.75, 3.05) is 27.3 Å². The van der Waals surface area contributed by atoms with Gasteiger partial charge in [-0.3, -0.25) is 0 Å². The summed E-state index contributed by atoms with van der Waals surface area (Å²) in [4.78, 5) is 14.1. The van der Waals surface area contributed by atoms with Gasteiger partial charge in [-0.2, -0.15) is 0 Å². The summed E-state index contributed by atoms with van der Waals surface area (Å²) in [6.07, 6.45) is 1.75. The molecule has 1 amide bonds. The number of amides is 1. The van der Waals surface area contributed by atoms with Gasteiger partial charge in [0.25, 0.3) is 0 Å². The van der Waals surface area contributed by atoms with Crippen LogP contribution in [0.2, 0.25) is 0 Å². The zero-order valence-corrected chi connectivity index (χ0v) is 14.7. The summed E-state index contributed by atoms with van der Waals surface area (Å²) in [5.74, 6) is 1.82. The van der Waals surface area contributed by atoms with Crippen molar-refractivity contribution in [1.82, 2.24) is 4.90 Å². The second-order valence-corrected chi connectivity index (χ2v) is 6.87. The molecule has 1 unspecified atom stereocenters. The monoisotopic (exact) mass is 321 g/mol. The van der Waals surface area contributed by atoms with Crippen LogP contribution in [-0.4, -0.2) is 43.9 Å². The minimum Gasteiger partial charge on any atom is -0.497 e. The molecule has 0 spiro atoms. The molecule has 2 rings (SSSR count). The number of nitrogens with zero attached hydrogens (tertiary/aromatic N) is 1. The van der Waals surface area contributed by atoms with Crippen LogP contribution in [0.25, 0.3) is 0 Å². The molecule has 1 aromatic rings. The Morgan fingerprint density at radius 1 is 1.22 bits per heavy atom. The summed E-state index contributed by atoms with van der Waals surface area (Å²) in [5.41, 5.74) is 0.642. The molecule has 1 saturated heterocycles. The molecule has 0 bridgehead atoms. The Hall–Kier alpha value is -1.91. The maximum absolute atomic E-state index is 12.3. The average Bonchev–Trinajstić information content (AvgIpc) is 2.52. The fourth-order valence-corrected chi connectivity index (χ4v) is 2.88. The maximum Gasteiger partial charge on any atom is 0.410 e. The molecule has 0 radical (unpaired) electrons. The van der Waals surface area contributed by atoms with Gasteiger partial charge in [0.1, 0.15) is 17.1 Å². The number of hydrogen-bond donors (Lipinski definition) is 0. The summed E-state index contributed by atoms with van der Waals surface area (Å²) in [5, 5.41) is 0. The Morgan fingerprint density at radius 3 is 2.57 bits per heavy atom. The van der Waals surface area contributed by atoms with Crippen molar-refractivity contribution in [2.45, 2.75) is 45.1 Å². The number of carbonyl (C=O) groups is 1. The number of piperidine rings is 1. The van der Waals surface area contributed by atoms with Crippen molar-refractivity contribution in [3.63, 3.8) is 0 Å². The SMILES string of the molecule is COc1ccc(C2CCCN(C(=O)OC(C)(C)C)C2)c(OC)c1. The molecule has 1 aliphatic rings. The van der Waals surface area contributed by atoms with E-state index >= 15 is 0 Å². The zero-order valence-electron chi connectivity index (χ0n) is 14.7. The molecule has 1 heterocycles. The Morgan fingerprint density at radius 2 is 1.96 bits per heavy atom. The first kappa shape index (κ1) is 17.4. The summed E-state index contributed by atoms with van der Waals surface area (Å²) in [7, 11) is 3.30. The van der Waals surface area contributed by atoms with Gasteiger partial charge >= 0.3 is 6.09 Å². The largest absolute Gasteiger partial charge is 0.497 e. The second kappa shape index (κ2) is 7.11. The fourth-order valence-electron chi connectivity index (χ4n) is 2.88. The standard InChI is InChI=1S/C18H27NO4/c1-18(2,3)23-17(20)19-10-6-7-13(12-19)15-9-8-14(21-4)11-16(15)22-5/h8-9,11,13H,6-7,10,12H2,1-5H3. The third-order valence-corrected chi connectivity index (χ3v) is 3.95. The van der Waals surface area contributed by atoms with E-state index in [1.807, 2.05) is 39.0 Å². The van der Waals surface area contributed by atoms with Gasteiger partial charge in [-0.15, -0.1) is 0 Å². The number of likely N-dealkylation sites (tertiary alicyclic amines) is 1. The molecule has 0 saturated carbocycles. The number of methoxy groups -OCH3 is 2. The maximum atomic E-state index is 12.3. The van der Waals surface area contributed by atoms with E-state index in [-0.39, 0.29) is 12.0 Å². The summed E-state index contributed by atoms with van der Waals surface area (Å²) in [6, 6.07) is 5.85. The third kappa shape index (κ3) is 4.53. The lowest BCUT2D eigenvalue weighted by molar-refractivity contribution is 0.0197. The van der Waals surface area contributed by atoms with Gasteiger partial charge in [-0.05, 0) is 45.2 Å². The molecule has 5 nitrogen and oxygen atoms in total. The Bertz CT molecular complexity index is 550. The van der Waals surface area contributed by atoms with E-state index in [9.17, 15) is 4.79 Å². The van der Waals surface area contributed by atoms with Gasteiger partial charge in [0.2, 0.25) is 0 Å². The molecule has 0 N–H and O–H groups in total. The van der Waals surface area contributed by atoms with Gasteiger partial charge in [0.15, 0.2) is 0 Å². The molecule has 1 atom stereocenters. The molecule has 1 aliphatic heterocycles. The van der Waals surface area contributed by atoms with Crippen LogP contribution in [-0.2, 0) is 4.74 Å². The number of carbonyl (C=O) groups excluding carboxylic acids is 1. The highest BCUT2D eigenvalue weighted by molar-refractivity contribution is 5.68. The molecule has 128 valence electrons.